The SMILES string of the molecule is COc1ccc([C@@H]2NC(=O)NC(C)=C2C(=O)OCc2ccccc2)cc1OC. The summed E-state index contributed by atoms with van der Waals surface area (Å²) in [6.45, 7) is 1.81. The first kappa shape index (κ1) is 19.3. The summed E-state index contributed by atoms with van der Waals surface area (Å²) in [4.78, 5) is 24.8. The topological polar surface area (TPSA) is 85.9 Å². The lowest BCUT2D eigenvalue weighted by atomic mass is 9.95. The van der Waals surface area contributed by atoms with Crippen LogP contribution >= 0.6 is 0 Å². The molecule has 0 unspecified atom stereocenters. The summed E-state index contributed by atoms with van der Waals surface area (Å²) in [5, 5.41) is 5.41. The van der Waals surface area contributed by atoms with Crippen molar-refractivity contribution in [3.8, 4) is 11.5 Å². The molecule has 146 valence electrons. The van der Waals surface area contributed by atoms with E-state index in [0.717, 1.165) is 5.56 Å². The quantitative estimate of drug-likeness (QED) is 0.750. The van der Waals surface area contributed by atoms with Crippen molar-refractivity contribution in [2.75, 3.05) is 14.2 Å². The van der Waals surface area contributed by atoms with Crippen molar-refractivity contribution in [1.82, 2.24) is 10.6 Å². The average molecular weight is 382 g/mol. The molecule has 7 heteroatoms. The normalized spacial score (nSPS) is 16.1. The molecule has 1 aliphatic heterocycles. The van der Waals surface area contributed by atoms with Gasteiger partial charge in [0, 0.05) is 5.70 Å². The van der Waals surface area contributed by atoms with E-state index in [9.17, 15) is 9.59 Å². The molecule has 0 aromatic heterocycles. The number of esters is 1. The van der Waals surface area contributed by atoms with E-state index in [1.807, 2.05) is 30.3 Å². The van der Waals surface area contributed by atoms with Crippen LogP contribution < -0.4 is 20.1 Å². The Morgan fingerprint density at radius 2 is 1.75 bits per heavy atom. The summed E-state index contributed by atoms with van der Waals surface area (Å²) in [6.07, 6.45) is 0. The van der Waals surface area contributed by atoms with Crippen LogP contribution in [0, 0.1) is 0 Å². The molecule has 1 aliphatic rings. The fourth-order valence-electron chi connectivity index (χ4n) is 3.05. The summed E-state index contributed by atoms with van der Waals surface area (Å²) in [5.41, 5.74) is 2.34. The molecule has 2 amide bonds. The molecule has 2 aromatic rings. The van der Waals surface area contributed by atoms with Gasteiger partial charge in [-0.3, -0.25) is 0 Å². The van der Waals surface area contributed by atoms with Gasteiger partial charge < -0.3 is 24.8 Å². The van der Waals surface area contributed by atoms with Crippen molar-refractivity contribution < 1.29 is 23.8 Å². The Hall–Kier alpha value is -3.48. The number of hydrogen-bond donors (Lipinski definition) is 2. The Bertz CT molecular complexity index is 908. The number of benzene rings is 2. The van der Waals surface area contributed by atoms with E-state index in [0.29, 0.717) is 28.3 Å². The van der Waals surface area contributed by atoms with E-state index in [4.69, 9.17) is 14.2 Å². The maximum absolute atomic E-state index is 12.8. The molecular formula is C21H22N2O5. The van der Waals surface area contributed by atoms with E-state index in [1.54, 1.807) is 32.2 Å². The molecule has 0 saturated heterocycles. The van der Waals surface area contributed by atoms with Crippen molar-refractivity contribution in [3.05, 3.63) is 70.9 Å². The number of rotatable bonds is 6. The lowest BCUT2D eigenvalue weighted by Gasteiger charge is -2.28. The zero-order valence-electron chi connectivity index (χ0n) is 15.9. The van der Waals surface area contributed by atoms with Gasteiger partial charge in [-0.05, 0) is 30.2 Å². The first-order valence-electron chi connectivity index (χ1n) is 8.74. The summed E-state index contributed by atoms with van der Waals surface area (Å²) < 4.78 is 16.1. The molecule has 2 N–H and O–H groups in total. The van der Waals surface area contributed by atoms with E-state index >= 15 is 0 Å². The molecule has 0 fully saturated rings. The van der Waals surface area contributed by atoms with E-state index < -0.39 is 18.0 Å². The summed E-state index contributed by atoms with van der Waals surface area (Å²) in [7, 11) is 3.07. The number of ether oxygens (including phenoxy) is 3. The number of carbonyl (C=O) groups excluding carboxylic acids is 2. The summed E-state index contributed by atoms with van der Waals surface area (Å²) in [5.74, 6) is 0.552. The third kappa shape index (κ3) is 4.09. The van der Waals surface area contributed by atoms with Crippen LogP contribution in [0.4, 0.5) is 4.79 Å². The van der Waals surface area contributed by atoms with Crippen molar-refractivity contribution in [2.24, 2.45) is 0 Å². The highest BCUT2D eigenvalue weighted by atomic mass is 16.5. The van der Waals surface area contributed by atoms with Gasteiger partial charge in [0.05, 0.1) is 25.8 Å². The minimum atomic E-state index is -0.670. The zero-order chi connectivity index (χ0) is 20.1. The van der Waals surface area contributed by atoms with Crippen LogP contribution in [-0.4, -0.2) is 26.2 Å². The Labute approximate surface area is 163 Å². The van der Waals surface area contributed by atoms with Gasteiger partial charge in [-0.15, -0.1) is 0 Å². The van der Waals surface area contributed by atoms with Gasteiger partial charge in [0.15, 0.2) is 11.5 Å². The highest BCUT2D eigenvalue weighted by Crippen LogP contribution is 2.34. The molecule has 0 radical (unpaired) electrons. The van der Waals surface area contributed by atoms with Crippen LogP contribution in [-0.2, 0) is 16.1 Å². The summed E-state index contributed by atoms with van der Waals surface area (Å²) in [6, 6.07) is 13.6. The van der Waals surface area contributed by atoms with Gasteiger partial charge in [-0.2, -0.15) is 0 Å². The Kier molecular flexibility index (Phi) is 5.84. The second-order valence-electron chi connectivity index (χ2n) is 6.25. The third-order valence-electron chi connectivity index (χ3n) is 4.44. The fraction of sp³-hybridized carbons (Fsp3) is 0.238. The monoisotopic (exact) mass is 382 g/mol. The van der Waals surface area contributed by atoms with Gasteiger partial charge >= 0.3 is 12.0 Å². The number of urea groups is 1. The van der Waals surface area contributed by atoms with E-state index in [1.165, 1.54) is 7.11 Å². The first-order valence-corrected chi connectivity index (χ1v) is 8.74. The second kappa shape index (κ2) is 8.47. The zero-order valence-corrected chi connectivity index (χ0v) is 15.9. The Morgan fingerprint density at radius 1 is 1.04 bits per heavy atom. The van der Waals surface area contributed by atoms with Gasteiger partial charge in [-0.1, -0.05) is 36.4 Å². The van der Waals surface area contributed by atoms with Crippen LogP contribution in [0.3, 0.4) is 0 Å². The lowest BCUT2D eigenvalue weighted by molar-refractivity contribution is -0.140. The maximum Gasteiger partial charge on any atom is 0.338 e. The number of allylic oxidation sites excluding steroid dienone is 1. The van der Waals surface area contributed by atoms with Crippen LogP contribution in [0.1, 0.15) is 24.1 Å². The number of nitrogens with one attached hydrogen (secondary N) is 2. The number of carbonyl (C=O) groups is 2. The number of methoxy groups -OCH3 is 2. The van der Waals surface area contributed by atoms with Gasteiger partial charge in [0.1, 0.15) is 6.61 Å². The Morgan fingerprint density at radius 3 is 2.43 bits per heavy atom. The molecular weight excluding hydrogens is 360 g/mol. The lowest BCUT2D eigenvalue weighted by Crippen LogP contribution is -2.45. The van der Waals surface area contributed by atoms with Crippen LogP contribution in [0.25, 0.3) is 0 Å². The number of hydrogen-bond acceptors (Lipinski definition) is 5. The Balaban J connectivity index is 1.89. The standard InChI is InChI=1S/C21H22N2O5/c1-13-18(20(24)28-12-14-7-5-4-6-8-14)19(23-21(25)22-13)15-9-10-16(26-2)17(11-15)27-3/h4-11,19H,12H2,1-3H3,(H2,22,23,25)/t19-/m0/s1. The van der Waals surface area contributed by atoms with Gasteiger partial charge in [-0.25, -0.2) is 9.59 Å². The van der Waals surface area contributed by atoms with Crippen molar-refractivity contribution in [2.45, 2.75) is 19.6 Å². The van der Waals surface area contributed by atoms with Crippen molar-refractivity contribution in [3.63, 3.8) is 0 Å². The first-order chi connectivity index (χ1) is 13.5. The highest BCUT2D eigenvalue weighted by Gasteiger charge is 2.32. The molecule has 0 saturated carbocycles. The molecule has 1 heterocycles. The predicted octanol–water partition coefficient (Wildman–Crippen LogP) is 3.08. The second-order valence-corrected chi connectivity index (χ2v) is 6.25. The largest absolute Gasteiger partial charge is 0.493 e. The fourth-order valence-corrected chi connectivity index (χ4v) is 3.05. The molecule has 0 aliphatic carbocycles. The third-order valence-corrected chi connectivity index (χ3v) is 4.44. The van der Waals surface area contributed by atoms with Crippen molar-refractivity contribution in [1.29, 1.82) is 0 Å². The summed E-state index contributed by atoms with van der Waals surface area (Å²) >= 11 is 0. The predicted molar refractivity (Wildman–Crippen MR) is 103 cm³/mol. The molecule has 2 aromatic carbocycles. The molecule has 0 bridgehead atoms. The minimum Gasteiger partial charge on any atom is -0.493 e. The minimum absolute atomic E-state index is 0.142. The van der Waals surface area contributed by atoms with Crippen LogP contribution in [0.15, 0.2) is 59.8 Å². The van der Waals surface area contributed by atoms with Gasteiger partial charge in [0.2, 0.25) is 0 Å². The van der Waals surface area contributed by atoms with E-state index in [-0.39, 0.29) is 6.61 Å². The highest BCUT2D eigenvalue weighted by molar-refractivity contribution is 5.95. The van der Waals surface area contributed by atoms with Crippen LogP contribution in [0.2, 0.25) is 0 Å². The van der Waals surface area contributed by atoms with Gasteiger partial charge in [0.25, 0.3) is 0 Å². The molecule has 3 rings (SSSR count). The molecule has 1 atom stereocenters. The van der Waals surface area contributed by atoms with E-state index in [2.05, 4.69) is 10.6 Å². The number of amides is 2. The molecule has 7 nitrogen and oxygen atoms in total. The van der Waals surface area contributed by atoms with Crippen molar-refractivity contribution >= 4 is 12.0 Å². The molecule has 28 heavy (non-hydrogen) atoms. The maximum atomic E-state index is 12.8. The smallest absolute Gasteiger partial charge is 0.338 e. The average Bonchev–Trinajstić information content (AvgIpc) is 2.71. The molecule has 0 spiro atoms. The van der Waals surface area contributed by atoms with Crippen LogP contribution in [0.5, 0.6) is 11.5 Å².